The minimum absolute atomic E-state index is 0.840. The molecule has 0 amide bonds. The van der Waals surface area contributed by atoms with Crippen molar-refractivity contribution in [2.24, 2.45) is 0 Å². The van der Waals surface area contributed by atoms with Crippen molar-refractivity contribution in [2.75, 3.05) is 18.8 Å². The average Bonchev–Trinajstić information content (AvgIpc) is 2.54. The molecule has 1 atom stereocenters. The third-order valence-corrected chi connectivity index (χ3v) is 5.41. The van der Waals surface area contributed by atoms with Gasteiger partial charge in [0.2, 0.25) is 0 Å². The molecule has 12 heavy (non-hydrogen) atoms. The van der Waals surface area contributed by atoms with Crippen LogP contribution in [-0.2, 0) is 0 Å². The SMILES string of the molecule is BC1CSC(=[N+]2CCCCC2)S1. The van der Waals surface area contributed by atoms with Crippen LogP contribution in [0.25, 0.3) is 0 Å². The molecule has 0 aliphatic carbocycles. The van der Waals surface area contributed by atoms with Crippen LogP contribution in [0.3, 0.4) is 0 Å². The summed E-state index contributed by atoms with van der Waals surface area (Å²) in [5.74, 6) is 1.32. The van der Waals surface area contributed by atoms with Gasteiger partial charge in [-0.15, -0.1) is 0 Å². The van der Waals surface area contributed by atoms with E-state index in [9.17, 15) is 0 Å². The van der Waals surface area contributed by atoms with E-state index in [2.05, 4.69) is 35.9 Å². The molecule has 2 saturated heterocycles. The van der Waals surface area contributed by atoms with Crippen molar-refractivity contribution in [3.63, 3.8) is 0 Å². The number of nitrogens with zero attached hydrogens (tertiary/aromatic N) is 1. The molecule has 1 unspecified atom stereocenters. The predicted molar refractivity (Wildman–Crippen MR) is 61.2 cm³/mol. The lowest BCUT2D eigenvalue weighted by molar-refractivity contribution is -0.532. The van der Waals surface area contributed by atoms with Crippen LogP contribution in [-0.4, -0.2) is 40.8 Å². The molecular weight excluding hydrogens is 185 g/mol. The molecular formula is C8H15BNS2+. The maximum Gasteiger partial charge on any atom is 0.269 e. The molecule has 0 saturated carbocycles. The van der Waals surface area contributed by atoms with Crippen molar-refractivity contribution in [2.45, 2.75) is 24.4 Å². The Morgan fingerprint density at radius 1 is 1.25 bits per heavy atom. The zero-order valence-corrected chi connectivity index (χ0v) is 9.22. The zero-order chi connectivity index (χ0) is 8.39. The van der Waals surface area contributed by atoms with E-state index in [1.165, 1.54) is 38.1 Å². The Bertz CT molecular complexity index is 192. The first-order valence-corrected chi connectivity index (χ1v) is 6.64. The molecule has 0 aromatic carbocycles. The Hall–Kier alpha value is 0.435. The van der Waals surface area contributed by atoms with E-state index in [0.29, 0.717) is 0 Å². The first-order chi connectivity index (χ1) is 5.86. The van der Waals surface area contributed by atoms with E-state index in [4.69, 9.17) is 0 Å². The standard InChI is InChI=1S/C8H15BNS2/c9-7-6-11-8(12-7)10-4-2-1-3-5-10/h7H,1-6,9H2/q+1. The Morgan fingerprint density at radius 3 is 2.58 bits per heavy atom. The van der Waals surface area contributed by atoms with Gasteiger partial charge in [0, 0.05) is 18.6 Å². The van der Waals surface area contributed by atoms with Gasteiger partial charge in [0.1, 0.15) is 20.9 Å². The minimum Gasteiger partial charge on any atom is -0.219 e. The van der Waals surface area contributed by atoms with Gasteiger partial charge in [0.15, 0.2) is 0 Å². The summed E-state index contributed by atoms with van der Waals surface area (Å²) >= 11 is 4.14. The largest absolute Gasteiger partial charge is 0.269 e. The molecule has 66 valence electrons. The topological polar surface area (TPSA) is 3.01 Å². The molecule has 0 aromatic heterocycles. The fourth-order valence-corrected chi connectivity index (χ4v) is 4.53. The van der Waals surface area contributed by atoms with Gasteiger partial charge in [-0.05, 0) is 23.3 Å². The van der Waals surface area contributed by atoms with Gasteiger partial charge in [0.05, 0.1) is 0 Å². The molecule has 0 spiro atoms. The van der Waals surface area contributed by atoms with E-state index in [0.717, 1.165) is 5.15 Å². The summed E-state index contributed by atoms with van der Waals surface area (Å²) < 4.78 is 4.18. The lowest BCUT2D eigenvalue weighted by atomic mass is 10.1. The van der Waals surface area contributed by atoms with Gasteiger partial charge in [-0.1, -0.05) is 11.8 Å². The van der Waals surface area contributed by atoms with Crippen molar-refractivity contribution in [1.82, 2.24) is 0 Å². The van der Waals surface area contributed by atoms with E-state index < -0.39 is 0 Å². The van der Waals surface area contributed by atoms with Crippen molar-refractivity contribution in [3.8, 4) is 0 Å². The number of piperidine rings is 1. The van der Waals surface area contributed by atoms with Crippen LogP contribution >= 0.6 is 23.5 Å². The fraction of sp³-hybridized carbons (Fsp3) is 0.875. The molecule has 2 rings (SSSR count). The van der Waals surface area contributed by atoms with Gasteiger partial charge >= 0.3 is 0 Å². The Morgan fingerprint density at radius 2 is 2.00 bits per heavy atom. The van der Waals surface area contributed by atoms with E-state index >= 15 is 0 Å². The Kier molecular flexibility index (Phi) is 3.07. The van der Waals surface area contributed by atoms with Crippen LogP contribution in [0.1, 0.15) is 19.3 Å². The van der Waals surface area contributed by atoms with Gasteiger partial charge in [-0.3, -0.25) is 0 Å². The van der Waals surface area contributed by atoms with Crippen molar-refractivity contribution < 1.29 is 4.58 Å². The Labute approximate surface area is 83.8 Å². The summed E-state index contributed by atoms with van der Waals surface area (Å²) in [5.41, 5.74) is 0. The predicted octanol–water partition coefficient (Wildman–Crippen LogP) is 0.978. The van der Waals surface area contributed by atoms with Crippen molar-refractivity contribution in [1.29, 1.82) is 0 Å². The van der Waals surface area contributed by atoms with Gasteiger partial charge < -0.3 is 0 Å². The number of hydrogen-bond donors (Lipinski definition) is 0. The first-order valence-electron chi connectivity index (χ1n) is 4.77. The third kappa shape index (κ3) is 2.02. The molecule has 2 fully saturated rings. The van der Waals surface area contributed by atoms with Gasteiger partial charge in [-0.25, -0.2) is 4.58 Å². The maximum absolute atomic E-state index is 2.59. The third-order valence-electron chi connectivity index (χ3n) is 2.36. The van der Waals surface area contributed by atoms with E-state index in [-0.39, 0.29) is 0 Å². The molecule has 2 aliphatic rings. The highest BCUT2D eigenvalue weighted by molar-refractivity contribution is 8.41. The molecule has 0 bridgehead atoms. The van der Waals surface area contributed by atoms with Crippen LogP contribution in [0.4, 0.5) is 0 Å². The highest BCUT2D eigenvalue weighted by atomic mass is 32.2. The summed E-state index contributed by atoms with van der Waals surface area (Å²) in [6.45, 7) is 2.62. The average molecular weight is 200 g/mol. The van der Waals surface area contributed by atoms with Crippen LogP contribution in [0, 0.1) is 0 Å². The second-order valence-corrected chi connectivity index (χ2v) is 6.25. The molecule has 1 nitrogen and oxygen atoms in total. The summed E-state index contributed by atoms with van der Waals surface area (Å²) in [4.78, 5) is 0. The molecule has 0 aromatic rings. The van der Waals surface area contributed by atoms with E-state index in [1.807, 2.05) is 0 Å². The van der Waals surface area contributed by atoms with Crippen molar-refractivity contribution >= 4 is 35.7 Å². The lowest BCUT2D eigenvalue weighted by Crippen LogP contribution is -2.23. The molecule has 0 N–H and O–H groups in total. The number of thioether (sulfide) groups is 2. The Balaban J connectivity index is 2.03. The maximum atomic E-state index is 2.59. The molecule has 4 heteroatoms. The number of hydrogen-bond acceptors (Lipinski definition) is 2. The molecule has 2 heterocycles. The van der Waals surface area contributed by atoms with E-state index in [1.54, 1.807) is 4.38 Å². The second-order valence-electron chi connectivity index (χ2n) is 3.55. The fourth-order valence-electron chi connectivity index (χ4n) is 1.67. The van der Waals surface area contributed by atoms with Gasteiger partial charge in [0.25, 0.3) is 4.38 Å². The monoisotopic (exact) mass is 200 g/mol. The normalized spacial score (nSPS) is 31.2. The summed E-state index contributed by atoms with van der Waals surface area (Å²) in [6, 6.07) is 0. The van der Waals surface area contributed by atoms with Gasteiger partial charge in [-0.2, -0.15) is 0 Å². The van der Waals surface area contributed by atoms with Crippen LogP contribution < -0.4 is 0 Å². The summed E-state index contributed by atoms with van der Waals surface area (Å²) in [5, 5.41) is 0.840. The lowest BCUT2D eigenvalue weighted by Gasteiger charge is -2.10. The molecule has 0 radical (unpaired) electrons. The summed E-state index contributed by atoms with van der Waals surface area (Å²) in [6.07, 6.45) is 4.24. The molecule has 2 aliphatic heterocycles. The van der Waals surface area contributed by atoms with Crippen LogP contribution in [0.15, 0.2) is 0 Å². The smallest absolute Gasteiger partial charge is 0.219 e. The highest BCUT2D eigenvalue weighted by Crippen LogP contribution is 2.31. The first kappa shape index (κ1) is 9.01. The van der Waals surface area contributed by atoms with Crippen LogP contribution in [0.2, 0.25) is 0 Å². The highest BCUT2D eigenvalue weighted by Gasteiger charge is 2.27. The van der Waals surface area contributed by atoms with Crippen molar-refractivity contribution in [3.05, 3.63) is 0 Å². The zero-order valence-electron chi connectivity index (χ0n) is 7.58. The summed E-state index contributed by atoms with van der Waals surface area (Å²) in [7, 11) is 2.33. The minimum atomic E-state index is 0.840. The van der Waals surface area contributed by atoms with Crippen LogP contribution in [0.5, 0.6) is 0 Å². The second kappa shape index (κ2) is 4.10. The number of rotatable bonds is 0. The quantitative estimate of drug-likeness (QED) is 0.423.